The number of piperazine rings is 1. The molecule has 1 amide bonds. The SMILES string of the molecule is O=C(Cc1cnn(-c2ccccc2)c1)N1CCN2CCCC[C@@H]2C1. The van der Waals surface area contributed by atoms with E-state index in [-0.39, 0.29) is 5.91 Å². The van der Waals surface area contributed by atoms with Gasteiger partial charge in [0.15, 0.2) is 0 Å². The maximum atomic E-state index is 12.7. The number of nitrogens with zero attached hydrogens (tertiary/aromatic N) is 4. The maximum absolute atomic E-state index is 12.7. The Balaban J connectivity index is 1.39. The molecule has 2 aromatic rings. The molecule has 1 atom stereocenters. The second kappa shape index (κ2) is 6.77. The largest absolute Gasteiger partial charge is 0.340 e. The molecule has 2 fully saturated rings. The third kappa shape index (κ3) is 3.22. The van der Waals surface area contributed by atoms with Gasteiger partial charge in [-0.3, -0.25) is 9.69 Å². The van der Waals surface area contributed by atoms with Crippen molar-refractivity contribution in [3.63, 3.8) is 0 Å². The summed E-state index contributed by atoms with van der Waals surface area (Å²) in [6.45, 7) is 3.99. The van der Waals surface area contributed by atoms with E-state index in [1.807, 2.05) is 52.3 Å². The number of piperidine rings is 1. The molecule has 1 aromatic carbocycles. The third-order valence-electron chi connectivity index (χ3n) is 5.20. The Bertz CT molecular complexity index is 696. The molecule has 2 saturated heterocycles. The van der Waals surface area contributed by atoms with Crippen molar-refractivity contribution in [1.82, 2.24) is 19.6 Å². The van der Waals surface area contributed by atoms with Gasteiger partial charge in [-0.1, -0.05) is 24.6 Å². The van der Waals surface area contributed by atoms with Crippen LogP contribution in [0.3, 0.4) is 0 Å². The van der Waals surface area contributed by atoms with Crippen molar-refractivity contribution in [3.05, 3.63) is 48.3 Å². The van der Waals surface area contributed by atoms with Crippen molar-refractivity contribution in [1.29, 1.82) is 0 Å². The van der Waals surface area contributed by atoms with Gasteiger partial charge >= 0.3 is 0 Å². The van der Waals surface area contributed by atoms with Gasteiger partial charge in [-0.25, -0.2) is 4.68 Å². The summed E-state index contributed by atoms with van der Waals surface area (Å²) in [6, 6.07) is 10.6. The summed E-state index contributed by atoms with van der Waals surface area (Å²) in [7, 11) is 0. The lowest BCUT2D eigenvalue weighted by Crippen LogP contribution is -2.56. The summed E-state index contributed by atoms with van der Waals surface area (Å²) in [5, 5.41) is 4.39. The fourth-order valence-electron chi connectivity index (χ4n) is 3.84. The highest BCUT2D eigenvalue weighted by Crippen LogP contribution is 2.21. The molecule has 0 aliphatic carbocycles. The molecular weight excluding hydrogens is 300 g/mol. The number of hydrogen-bond acceptors (Lipinski definition) is 3. The summed E-state index contributed by atoms with van der Waals surface area (Å²) in [6.07, 6.45) is 8.05. The van der Waals surface area contributed by atoms with Crippen LogP contribution in [0.2, 0.25) is 0 Å². The van der Waals surface area contributed by atoms with E-state index in [1.54, 1.807) is 0 Å². The van der Waals surface area contributed by atoms with Gasteiger partial charge in [0, 0.05) is 31.9 Å². The van der Waals surface area contributed by atoms with Crippen LogP contribution in [0.1, 0.15) is 24.8 Å². The summed E-state index contributed by atoms with van der Waals surface area (Å²) < 4.78 is 1.84. The number of para-hydroxylation sites is 1. The molecule has 0 spiro atoms. The maximum Gasteiger partial charge on any atom is 0.227 e. The molecule has 126 valence electrons. The fourth-order valence-corrected chi connectivity index (χ4v) is 3.84. The van der Waals surface area contributed by atoms with E-state index in [0.29, 0.717) is 12.5 Å². The van der Waals surface area contributed by atoms with Crippen LogP contribution in [-0.2, 0) is 11.2 Å². The van der Waals surface area contributed by atoms with E-state index in [2.05, 4.69) is 10.00 Å². The van der Waals surface area contributed by atoms with E-state index in [1.165, 1.54) is 25.8 Å². The molecule has 0 radical (unpaired) electrons. The Hall–Kier alpha value is -2.14. The van der Waals surface area contributed by atoms with Crippen LogP contribution in [0, 0.1) is 0 Å². The zero-order valence-electron chi connectivity index (χ0n) is 14.0. The minimum atomic E-state index is 0.229. The van der Waals surface area contributed by atoms with Crippen LogP contribution < -0.4 is 0 Å². The normalized spacial score (nSPS) is 21.5. The third-order valence-corrected chi connectivity index (χ3v) is 5.20. The van der Waals surface area contributed by atoms with E-state index >= 15 is 0 Å². The number of benzene rings is 1. The Morgan fingerprint density at radius 1 is 1.12 bits per heavy atom. The zero-order valence-corrected chi connectivity index (χ0v) is 14.0. The van der Waals surface area contributed by atoms with Crippen molar-refractivity contribution < 1.29 is 4.79 Å². The number of carbonyl (C=O) groups is 1. The lowest BCUT2D eigenvalue weighted by atomic mass is 9.99. The smallest absolute Gasteiger partial charge is 0.227 e. The topological polar surface area (TPSA) is 41.4 Å². The van der Waals surface area contributed by atoms with Crippen LogP contribution in [-0.4, -0.2) is 57.7 Å². The highest BCUT2D eigenvalue weighted by atomic mass is 16.2. The van der Waals surface area contributed by atoms with E-state index in [0.717, 1.165) is 30.9 Å². The molecular formula is C19H24N4O. The molecule has 0 unspecified atom stereocenters. The first-order valence-corrected chi connectivity index (χ1v) is 8.90. The van der Waals surface area contributed by atoms with Crippen LogP contribution in [0.5, 0.6) is 0 Å². The number of carbonyl (C=O) groups excluding carboxylic acids is 1. The van der Waals surface area contributed by atoms with Gasteiger partial charge in [0.1, 0.15) is 0 Å². The minimum Gasteiger partial charge on any atom is -0.340 e. The molecule has 4 rings (SSSR count). The highest BCUT2D eigenvalue weighted by Gasteiger charge is 2.30. The second-order valence-corrected chi connectivity index (χ2v) is 6.83. The predicted octanol–water partition coefficient (Wildman–Crippen LogP) is 2.11. The lowest BCUT2D eigenvalue weighted by molar-refractivity contribution is -0.134. The van der Waals surface area contributed by atoms with Crippen LogP contribution in [0.4, 0.5) is 0 Å². The van der Waals surface area contributed by atoms with E-state index in [9.17, 15) is 4.79 Å². The van der Waals surface area contributed by atoms with E-state index in [4.69, 9.17) is 0 Å². The quantitative estimate of drug-likeness (QED) is 0.868. The standard InChI is InChI=1S/C19H24N4O/c24-19(22-11-10-21-9-5-4-8-18(21)15-22)12-16-13-20-23(14-16)17-6-2-1-3-7-17/h1-3,6-7,13-14,18H,4-5,8-12,15H2/t18-/m1/s1. The Morgan fingerprint density at radius 2 is 2.00 bits per heavy atom. The minimum absolute atomic E-state index is 0.229. The van der Waals surface area contributed by atoms with Gasteiger partial charge in [0.25, 0.3) is 0 Å². The molecule has 0 N–H and O–H groups in total. The van der Waals surface area contributed by atoms with Gasteiger partial charge in [-0.15, -0.1) is 0 Å². The summed E-state index contributed by atoms with van der Waals surface area (Å²) >= 11 is 0. The average Bonchev–Trinajstić information content (AvgIpc) is 3.10. The monoisotopic (exact) mass is 324 g/mol. The molecule has 2 aliphatic heterocycles. The van der Waals surface area contributed by atoms with Crippen LogP contribution in [0.15, 0.2) is 42.7 Å². The molecule has 24 heavy (non-hydrogen) atoms. The average molecular weight is 324 g/mol. The van der Waals surface area contributed by atoms with Crippen molar-refractivity contribution in [2.75, 3.05) is 26.2 Å². The molecule has 2 aliphatic rings. The van der Waals surface area contributed by atoms with Crippen molar-refractivity contribution in [2.24, 2.45) is 0 Å². The lowest BCUT2D eigenvalue weighted by Gasteiger charge is -2.44. The summed E-state index contributed by atoms with van der Waals surface area (Å²) in [5.41, 5.74) is 2.00. The molecule has 3 heterocycles. The first kappa shape index (κ1) is 15.4. The molecule has 5 nitrogen and oxygen atoms in total. The summed E-state index contributed by atoms with van der Waals surface area (Å²) in [5.74, 6) is 0.229. The second-order valence-electron chi connectivity index (χ2n) is 6.83. The van der Waals surface area contributed by atoms with Gasteiger partial charge in [0.05, 0.1) is 18.3 Å². The molecule has 0 bridgehead atoms. The van der Waals surface area contributed by atoms with Crippen molar-refractivity contribution in [2.45, 2.75) is 31.7 Å². The molecule has 1 aromatic heterocycles. The number of hydrogen-bond donors (Lipinski definition) is 0. The van der Waals surface area contributed by atoms with E-state index < -0.39 is 0 Å². The first-order valence-electron chi connectivity index (χ1n) is 8.90. The van der Waals surface area contributed by atoms with Crippen LogP contribution in [0.25, 0.3) is 5.69 Å². The fraction of sp³-hybridized carbons (Fsp3) is 0.474. The number of rotatable bonds is 3. The molecule has 0 saturated carbocycles. The zero-order chi connectivity index (χ0) is 16.4. The Morgan fingerprint density at radius 3 is 2.88 bits per heavy atom. The van der Waals surface area contributed by atoms with Crippen molar-refractivity contribution >= 4 is 5.91 Å². The van der Waals surface area contributed by atoms with Crippen LogP contribution >= 0.6 is 0 Å². The number of amides is 1. The predicted molar refractivity (Wildman–Crippen MR) is 93.1 cm³/mol. The Labute approximate surface area is 142 Å². The van der Waals surface area contributed by atoms with Gasteiger partial charge < -0.3 is 4.90 Å². The van der Waals surface area contributed by atoms with Gasteiger partial charge in [-0.2, -0.15) is 5.10 Å². The Kier molecular flexibility index (Phi) is 4.34. The van der Waals surface area contributed by atoms with Gasteiger partial charge in [0.2, 0.25) is 5.91 Å². The number of aromatic nitrogens is 2. The number of fused-ring (bicyclic) bond motifs is 1. The van der Waals surface area contributed by atoms with Crippen molar-refractivity contribution in [3.8, 4) is 5.69 Å². The highest BCUT2D eigenvalue weighted by molar-refractivity contribution is 5.78. The van der Waals surface area contributed by atoms with Gasteiger partial charge in [-0.05, 0) is 37.1 Å². The summed E-state index contributed by atoms with van der Waals surface area (Å²) in [4.78, 5) is 17.3. The first-order chi connectivity index (χ1) is 11.8. The molecule has 5 heteroatoms.